The van der Waals surface area contributed by atoms with Gasteiger partial charge in [0.05, 0.1) is 0 Å². The number of halogens is 1. The first-order chi connectivity index (χ1) is 8.78. The summed E-state index contributed by atoms with van der Waals surface area (Å²) in [5.41, 5.74) is 2.38. The number of benzene rings is 1. The Bertz CT molecular complexity index is 555. The Morgan fingerprint density at radius 1 is 1.33 bits per heavy atom. The molecule has 2 aromatic rings. The fraction of sp³-hybridized carbons (Fsp3) is 0.467. The third-order valence-corrected chi connectivity index (χ3v) is 3.94. The predicted molar refractivity (Wildman–Crippen MR) is 72.0 cm³/mol. The molecule has 0 saturated heterocycles. The van der Waals surface area contributed by atoms with E-state index in [1.807, 2.05) is 6.07 Å². The minimum atomic E-state index is -0.158. The lowest BCUT2D eigenvalue weighted by molar-refractivity contribution is 0.335. The number of rotatable bonds is 4. The molecule has 1 aliphatic carbocycles. The van der Waals surface area contributed by atoms with Crippen molar-refractivity contribution in [1.82, 2.24) is 9.88 Å². The van der Waals surface area contributed by atoms with Crippen LogP contribution in [0, 0.1) is 5.82 Å². The molecule has 3 rings (SSSR count). The fourth-order valence-corrected chi connectivity index (χ4v) is 2.68. The molecule has 0 radical (unpaired) electrons. The summed E-state index contributed by atoms with van der Waals surface area (Å²) in [5.74, 6) is -0.158. The van der Waals surface area contributed by atoms with Crippen LogP contribution in [0.25, 0.3) is 10.9 Å². The second-order valence-electron chi connectivity index (χ2n) is 5.09. The highest BCUT2D eigenvalue weighted by molar-refractivity contribution is 5.81. The average molecular weight is 246 g/mol. The smallest absolute Gasteiger partial charge is 0.123 e. The van der Waals surface area contributed by atoms with Gasteiger partial charge in [-0.25, -0.2) is 4.39 Å². The second-order valence-corrected chi connectivity index (χ2v) is 5.09. The maximum absolute atomic E-state index is 13.2. The van der Waals surface area contributed by atoms with Gasteiger partial charge in [0, 0.05) is 35.7 Å². The Kier molecular flexibility index (Phi) is 3.08. The van der Waals surface area contributed by atoms with Crippen molar-refractivity contribution in [2.75, 3.05) is 0 Å². The number of fused-ring (bicyclic) bond motifs is 1. The second kappa shape index (κ2) is 4.73. The van der Waals surface area contributed by atoms with E-state index in [1.165, 1.54) is 31.0 Å². The summed E-state index contributed by atoms with van der Waals surface area (Å²) < 4.78 is 15.5. The highest BCUT2D eigenvalue weighted by Crippen LogP contribution is 2.23. The fourth-order valence-electron chi connectivity index (χ4n) is 2.68. The minimum Gasteiger partial charge on any atom is -0.344 e. The van der Waals surface area contributed by atoms with Gasteiger partial charge in [0.25, 0.3) is 0 Å². The quantitative estimate of drug-likeness (QED) is 0.874. The van der Waals surface area contributed by atoms with Crippen LogP contribution in [-0.2, 0) is 13.1 Å². The van der Waals surface area contributed by atoms with E-state index >= 15 is 0 Å². The van der Waals surface area contributed by atoms with Gasteiger partial charge in [-0.1, -0.05) is 6.42 Å². The van der Waals surface area contributed by atoms with Gasteiger partial charge in [-0.2, -0.15) is 0 Å². The lowest BCUT2D eigenvalue weighted by Crippen LogP contribution is -2.35. The van der Waals surface area contributed by atoms with Gasteiger partial charge in [0.2, 0.25) is 0 Å². The SMILES string of the molecule is CCn1c(CNC2CCC2)cc2cc(F)ccc21. The highest BCUT2D eigenvalue weighted by atomic mass is 19.1. The van der Waals surface area contributed by atoms with Crippen LogP contribution < -0.4 is 5.32 Å². The Labute approximate surface area is 107 Å². The van der Waals surface area contributed by atoms with Crippen molar-refractivity contribution in [2.45, 2.75) is 45.3 Å². The van der Waals surface area contributed by atoms with E-state index in [4.69, 9.17) is 0 Å². The molecular weight excluding hydrogens is 227 g/mol. The minimum absolute atomic E-state index is 0.158. The van der Waals surface area contributed by atoms with Crippen LogP contribution in [0.2, 0.25) is 0 Å². The van der Waals surface area contributed by atoms with Crippen LogP contribution in [0.15, 0.2) is 24.3 Å². The molecule has 1 saturated carbocycles. The van der Waals surface area contributed by atoms with Gasteiger partial charge in [0.15, 0.2) is 0 Å². The van der Waals surface area contributed by atoms with E-state index in [0.717, 1.165) is 24.0 Å². The Hall–Kier alpha value is -1.35. The first-order valence-electron chi connectivity index (χ1n) is 6.79. The lowest BCUT2D eigenvalue weighted by atomic mass is 9.93. The highest BCUT2D eigenvalue weighted by Gasteiger charge is 2.17. The third kappa shape index (κ3) is 2.03. The number of hydrogen-bond donors (Lipinski definition) is 1. The molecule has 1 fully saturated rings. The van der Waals surface area contributed by atoms with Crippen molar-refractivity contribution in [1.29, 1.82) is 0 Å². The van der Waals surface area contributed by atoms with Crippen molar-refractivity contribution in [2.24, 2.45) is 0 Å². The topological polar surface area (TPSA) is 17.0 Å². The molecular formula is C15H19FN2. The van der Waals surface area contributed by atoms with Crippen molar-refractivity contribution < 1.29 is 4.39 Å². The van der Waals surface area contributed by atoms with E-state index in [9.17, 15) is 4.39 Å². The average Bonchev–Trinajstić information content (AvgIpc) is 2.63. The van der Waals surface area contributed by atoms with Crippen molar-refractivity contribution >= 4 is 10.9 Å². The van der Waals surface area contributed by atoms with E-state index in [2.05, 4.69) is 22.9 Å². The maximum Gasteiger partial charge on any atom is 0.123 e. The lowest BCUT2D eigenvalue weighted by Gasteiger charge is -2.26. The van der Waals surface area contributed by atoms with Gasteiger partial charge in [-0.15, -0.1) is 0 Å². The molecule has 1 N–H and O–H groups in total. The zero-order valence-electron chi connectivity index (χ0n) is 10.7. The van der Waals surface area contributed by atoms with E-state index in [-0.39, 0.29) is 5.82 Å². The molecule has 0 unspecified atom stereocenters. The van der Waals surface area contributed by atoms with Crippen molar-refractivity contribution in [3.05, 3.63) is 35.8 Å². The number of nitrogens with zero attached hydrogens (tertiary/aromatic N) is 1. The molecule has 1 aromatic carbocycles. The molecule has 1 heterocycles. The number of hydrogen-bond acceptors (Lipinski definition) is 1. The third-order valence-electron chi connectivity index (χ3n) is 3.94. The molecule has 96 valence electrons. The molecule has 0 bridgehead atoms. The van der Waals surface area contributed by atoms with E-state index < -0.39 is 0 Å². The normalized spacial score (nSPS) is 16.1. The Balaban J connectivity index is 1.89. The molecule has 18 heavy (non-hydrogen) atoms. The zero-order valence-corrected chi connectivity index (χ0v) is 10.7. The summed E-state index contributed by atoms with van der Waals surface area (Å²) >= 11 is 0. The monoisotopic (exact) mass is 246 g/mol. The van der Waals surface area contributed by atoms with Crippen LogP contribution in [0.3, 0.4) is 0 Å². The largest absolute Gasteiger partial charge is 0.344 e. The van der Waals surface area contributed by atoms with Crippen LogP contribution in [0.1, 0.15) is 31.9 Å². The van der Waals surface area contributed by atoms with Crippen LogP contribution in [0.5, 0.6) is 0 Å². The summed E-state index contributed by atoms with van der Waals surface area (Å²) in [6, 6.07) is 7.82. The summed E-state index contributed by atoms with van der Waals surface area (Å²) in [5, 5.41) is 4.57. The van der Waals surface area contributed by atoms with Crippen LogP contribution in [-0.4, -0.2) is 10.6 Å². The maximum atomic E-state index is 13.2. The molecule has 0 amide bonds. The summed E-state index contributed by atoms with van der Waals surface area (Å²) in [6.45, 7) is 3.95. The van der Waals surface area contributed by atoms with Crippen molar-refractivity contribution in [3.63, 3.8) is 0 Å². The molecule has 1 aromatic heterocycles. The van der Waals surface area contributed by atoms with Gasteiger partial charge < -0.3 is 9.88 Å². The molecule has 0 aliphatic heterocycles. The molecule has 0 spiro atoms. The van der Waals surface area contributed by atoms with Gasteiger partial charge >= 0.3 is 0 Å². The summed E-state index contributed by atoms with van der Waals surface area (Å²) in [6.07, 6.45) is 3.93. The Morgan fingerprint density at radius 2 is 2.17 bits per heavy atom. The van der Waals surface area contributed by atoms with Gasteiger partial charge in [0.1, 0.15) is 5.82 Å². The standard InChI is InChI=1S/C15H19FN2/c1-2-18-14(10-17-13-4-3-5-13)9-11-8-12(16)6-7-15(11)18/h6-9,13,17H,2-5,10H2,1H3. The van der Waals surface area contributed by atoms with E-state index in [0.29, 0.717) is 6.04 Å². The van der Waals surface area contributed by atoms with Crippen LogP contribution in [0.4, 0.5) is 4.39 Å². The molecule has 2 nitrogen and oxygen atoms in total. The number of aromatic nitrogens is 1. The number of aryl methyl sites for hydroxylation is 1. The first-order valence-corrected chi connectivity index (χ1v) is 6.79. The summed E-state index contributed by atoms with van der Waals surface area (Å²) in [4.78, 5) is 0. The van der Waals surface area contributed by atoms with Crippen molar-refractivity contribution in [3.8, 4) is 0 Å². The van der Waals surface area contributed by atoms with Crippen LogP contribution >= 0.6 is 0 Å². The van der Waals surface area contributed by atoms with E-state index in [1.54, 1.807) is 6.07 Å². The van der Waals surface area contributed by atoms with Gasteiger partial charge in [-0.3, -0.25) is 0 Å². The molecule has 3 heteroatoms. The number of nitrogens with one attached hydrogen (secondary N) is 1. The first kappa shape index (κ1) is 11.7. The predicted octanol–water partition coefficient (Wildman–Crippen LogP) is 3.44. The summed E-state index contributed by atoms with van der Waals surface area (Å²) in [7, 11) is 0. The molecule has 1 aliphatic rings. The van der Waals surface area contributed by atoms with Gasteiger partial charge in [-0.05, 0) is 44.0 Å². The molecule has 0 atom stereocenters. The Morgan fingerprint density at radius 3 is 2.83 bits per heavy atom. The zero-order chi connectivity index (χ0) is 12.5.